The topological polar surface area (TPSA) is 89.2 Å². The maximum atomic E-state index is 11.6. The standard InChI is InChI=1S/C15H20N4O3S/c1-11(23(2,20)21)15-17-14(18-22-15)12-6-7-13(16-10-12)19-8-4-3-5-9-19/h6-7,10-11H,3-5,8-9H2,1-2H3/t11-/m0/s1. The molecule has 0 aliphatic carbocycles. The molecule has 0 unspecified atom stereocenters. The van der Waals surface area contributed by atoms with Crippen LogP contribution in [-0.4, -0.2) is 42.9 Å². The fraction of sp³-hybridized carbons (Fsp3) is 0.533. The molecule has 1 atom stereocenters. The summed E-state index contributed by atoms with van der Waals surface area (Å²) in [7, 11) is -3.26. The summed E-state index contributed by atoms with van der Waals surface area (Å²) in [4.78, 5) is 10.9. The van der Waals surface area contributed by atoms with E-state index in [4.69, 9.17) is 4.52 Å². The smallest absolute Gasteiger partial charge is 0.244 e. The minimum Gasteiger partial charge on any atom is -0.357 e. The van der Waals surface area contributed by atoms with Gasteiger partial charge in [0.1, 0.15) is 11.1 Å². The van der Waals surface area contributed by atoms with Crippen LogP contribution in [0.4, 0.5) is 5.82 Å². The first-order chi connectivity index (χ1) is 10.9. The van der Waals surface area contributed by atoms with Crippen LogP contribution in [0.15, 0.2) is 22.9 Å². The van der Waals surface area contributed by atoms with Crippen molar-refractivity contribution in [3.8, 4) is 11.4 Å². The fourth-order valence-corrected chi connectivity index (χ4v) is 2.99. The average Bonchev–Trinajstić information content (AvgIpc) is 3.04. The van der Waals surface area contributed by atoms with Crippen LogP contribution in [0.25, 0.3) is 11.4 Å². The first-order valence-corrected chi connectivity index (χ1v) is 9.64. The second-order valence-corrected chi connectivity index (χ2v) is 8.25. The van der Waals surface area contributed by atoms with Gasteiger partial charge in [-0.25, -0.2) is 13.4 Å². The molecule has 0 N–H and O–H groups in total. The number of piperidine rings is 1. The number of hydrogen-bond donors (Lipinski definition) is 0. The van der Waals surface area contributed by atoms with E-state index < -0.39 is 15.1 Å². The molecule has 1 saturated heterocycles. The van der Waals surface area contributed by atoms with E-state index in [1.807, 2.05) is 12.1 Å². The van der Waals surface area contributed by atoms with E-state index in [1.54, 1.807) is 6.20 Å². The van der Waals surface area contributed by atoms with Gasteiger partial charge in [-0.2, -0.15) is 4.98 Å². The Morgan fingerprint density at radius 2 is 1.96 bits per heavy atom. The van der Waals surface area contributed by atoms with E-state index in [1.165, 1.54) is 26.2 Å². The predicted molar refractivity (Wildman–Crippen MR) is 86.9 cm³/mol. The Labute approximate surface area is 135 Å². The van der Waals surface area contributed by atoms with Gasteiger partial charge in [-0.3, -0.25) is 0 Å². The summed E-state index contributed by atoms with van der Waals surface area (Å²) in [6.07, 6.45) is 6.51. The predicted octanol–water partition coefficient (Wildman–Crippen LogP) is 2.23. The van der Waals surface area contributed by atoms with Gasteiger partial charge in [0.15, 0.2) is 9.84 Å². The molecule has 1 aliphatic rings. The zero-order valence-electron chi connectivity index (χ0n) is 13.3. The zero-order valence-corrected chi connectivity index (χ0v) is 14.1. The van der Waals surface area contributed by atoms with Crippen LogP contribution in [0.2, 0.25) is 0 Å². The van der Waals surface area contributed by atoms with Crippen LogP contribution in [0.1, 0.15) is 37.3 Å². The molecule has 8 heteroatoms. The third-order valence-corrected chi connectivity index (χ3v) is 5.60. The Bertz CT molecular complexity index is 764. The summed E-state index contributed by atoms with van der Waals surface area (Å²) < 4.78 is 28.2. The lowest BCUT2D eigenvalue weighted by atomic mass is 10.1. The van der Waals surface area contributed by atoms with Crippen molar-refractivity contribution in [2.24, 2.45) is 0 Å². The summed E-state index contributed by atoms with van der Waals surface area (Å²) in [6, 6.07) is 3.83. The maximum Gasteiger partial charge on any atom is 0.244 e. The van der Waals surface area contributed by atoms with Crippen molar-refractivity contribution in [2.75, 3.05) is 24.2 Å². The molecule has 2 aromatic rings. The number of anilines is 1. The van der Waals surface area contributed by atoms with Crippen molar-refractivity contribution in [1.29, 1.82) is 0 Å². The molecule has 0 aromatic carbocycles. The summed E-state index contributed by atoms with van der Waals surface area (Å²) in [5, 5.41) is 3.04. The van der Waals surface area contributed by atoms with Gasteiger partial charge >= 0.3 is 0 Å². The van der Waals surface area contributed by atoms with Gasteiger partial charge in [0.25, 0.3) is 0 Å². The zero-order chi connectivity index (χ0) is 16.4. The van der Waals surface area contributed by atoms with E-state index in [0.717, 1.165) is 25.2 Å². The minimum atomic E-state index is -3.26. The van der Waals surface area contributed by atoms with Crippen molar-refractivity contribution in [1.82, 2.24) is 15.1 Å². The van der Waals surface area contributed by atoms with E-state index in [0.29, 0.717) is 11.4 Å². The van der Waals surface area contributed by atoms with Crippen LogP contribution in [0, 0.1) is 0 Å². The van der Waals surface area contributed by atoms with Gasteiger partial charge in [0.2, 0.25) is 11.7 Å². The molecule has 2 aromatic heterocycles. The number of sulfone groups is 1. The van der Waals surface area contributed by atoms with Crippen molar-refractivity contribution < 1.29 is 12.9 Å². The monoisotopic (exact) mass is 336 g/mol. The Morgan fingerprint density at radius 1 is 1.22 bits per heavy atom. The molecular formula is C15H20N4O3S. The molecule has 1 fully saturated rings. The van der Waals surface area contributed by atoms with E-state index in [-0.39, 0.29) is 5.89 Å². The number of hydrogen-bond acceptors (Lipinski definition) is 7. The van der Waals surface area contributed by atoms with Crippen LogP contribution < -0.4 is 4.90 Å². The lowest BCUT2D eigenvalue weighted by Crippen LogP contribution is -2.29. The Kier molecular flexibility index (Phi) is 4.34. The highest BCUT2D eigenvalue weighted by Gasteiger charge is 2.24. The van der Waals surface area contributed by atoms with Crippen LogP contribution in [0.3, 0.4) is 0 Å². The van der Waals surface area contributed by atoms with Gasteiger partial charge in [0, 0.05) is 31.1 Å². The van der Waals surface area contributed by atoms with Crippen LogP contribution in [-0.2, 0) is 9.84 Å². The Hall–Kier alpha value is -1.96. The first-order valence-electron chi connectivity index (χ1n) is 7.69. The Morgan fingerprint density at radius 3 is 2.57 bits per heavy atom. The lowest BCUT2D eigenvalue weighted by Gasteiger charge is -2.27. The molecule has 124 valence electrons. The number of rotatable bonds is 4. The van der Waals surface area contributed by atoms with Gasteiger partial charge in [-0.1, -0.05) is 5.16 Å². The number of aromatic nitrogens is 3. The number of pyridine rings is 1. The molecule has 7 nitrogen and oxygen atoms in total. The second-order valence-electron chi connectivity index (χ2n) is 5.88. The van der Waals surface area contributed by atoms with Gasteiger partial charge < -0.3 is 9.42 Å². The highest BCUT2D eigenvalue weighted by atomic mass is 32.2. The highest BCUT2D eigenvalue weighted by Crippen LogP contribution is 2.24. The Balaban J connectivity index is 1.78. The summed E-state index contributed by atoms with van der Waals surface area (Å²) in [5.74, 6) is 1.40. The molecule has 23 heavy (non-hydrogen) atoms. The van der Waals surface area contributed by atoms with Gasteiger partial charge in [-0.15, -0.1) is 0 Å². The molecule has 0 saturated carbocycles. The summed E-state index contributed by atoms with van der Waals surface area (Å²) in [5.41, 5.74) is 0.710. The van der Waals surface area contributed by atoms with E-state index in [2.05, 4.69) is 20.0 Å². The molecule has 0 bridgehead atoms. The minimum absolute atomic E-state index is 0.0996. The molecule has 3 rings (SSSR count). The summed E-state index contributed by atoms with van der Waals surface area (Å²) in [6.45, 7) is 3.60. The van der Waals surface area contributed by atoms with Crippen molar-refractivity contribution in [3.63, 3.8) is 0 Å². The van der Waals surface area contributed by atoms with Gasteiger partial charge in [-0.05, 0) is 38.3 Å². The molecule has 0 radical (unpaired) electrons. The normalized spacial score (nSPS) is 17.2. The van der Waals surface area contributed by atoms with Crippen molar-refractivity contribution in [3.05, 3.63) is 24.2 Å². The van der Waals surface area contributed by atoms with E-state index in [9.17, 15) is 8.42 Å². The van der Waals surface area contributed by atoms with Crippen LogP contribution >= 0.6 is 0 Å². The molecule has 3 heterocycles. The van der Waals surface area contributed by atoms with Gasteiger partial charge in [0.05, 0.1) is 0 Å². The maximum absolute atomic E-state index is 11.6. The first kappa shape index (κ1) is 15.9. The average molecular weight is 336 g/mol. The summed E-state index contributed by atoms with van der Waals surface area (Å²) >= 11 is 0. The third kappa shape index (κ3) is 3.52. The fourth-order valence-electron chi connectivity index (χ4n) is 2.53. The van der Waals surface area contributed by atoms with Crippen molar-refractivity contribution in [2.45, 2.75) is 31.4 Å². The largest absolute Gasteiger partial charge is 0.357 e. The quantitative estimate of drug-likeness (QED) is 0.845. The second kappa shape index (κ2) is 6.27. The number of nitrogens with zero attached hydrogens (tertiary/aromatic N) is 4. The molecule has 0 amide bonds. The van der Waals surface area contributed by atoms with Crippen molar-refractivity contribution >= 4 is 15.7 Å². The lowest BCUT2D eigenvalue weighted by molar-refractivity contribution is 0.377. The van der Waals surface area contributed by atoms with E-state index >= 15 is 0 Å². The molecular weight excluding hydrogens is 316 g/mol. The highest BCUT2D eigenvalue weighted by molar-refractivity contribution is 7.90. The third-order valence-electron chi connectivity index (χ3n) is 4.12. The van der Waals surface area contributed by atoms with Crippen LogP contribution in [0.5, 0.6) is 0 Å². The SMILES string of the molecule is C[C@@H](c1nc(-c2ccc(N3CCCCC3)nc2)no1)S(C)(=O)=O. The molecule has 1 aliphatic heterocycles. The molecule has 0 spiro atoms.